The van der Waals surface area contributed by atoms with Crippen LogP contribution in [0.2, 0.25) is 0 Å². The molecule has 2 aliphatic heterocycles. The molecule has 0 aromatic heterocycles. The van der Waals surface area contributed by atoms with Gasteiger partial charge in [-0.25, -0.2) is 4.79 Å². The summed E-state index contributed by atoms with van der Waals surface area (Å²) in [6.07, 6.45) is 0.565. The zero-order valence-corrected chi connectivity index (χ0v) is 19.7. The minimum atomic E-state index is -0.690. The first kappa shape index (κ1) is 23.5. The van der Waals surface area contributed by atoms with Crippen molar-refractivity contribution < 1.29 is 28.6 Å². The van der Waals surface area contributed by atoms with E-state index in [9.17, 15) is 14.4 Å². The summed E-state index contributed by atoms with van der Waals surface area (Å²) in [6, 6.07) is 11.4. The number of likely N-dealkylation sites (N-methyl/N-ethyl adjacent to an activating group) is 1. The first-order valence-electron chi connectivity index (χ1n) is 10.9. The van der Waals surface area contributed by atoms with E-state index >= 15 is 0 Å². The number of carbonyl (C=O) groups excluding carboxylic acids is 3. The minimum Gasteiger partial charge on any atom is -0.462 e. The van der Waals surface area contributed by atoms with Crippen LogP contribution in [0.3, 0.4) is 0 Å². The van der Waals surface area contributed by atoms with E-state index in [0.29, 0.717) is 40.8 Å². The molecule has 10 heteroatoms. The zero-order chi connectivity index (χ0) is 24.2. The number of nitrogens with zero attached hydrogens (tertiary/aromatic N) is 2. The molecule has 2 aliphatic rings. The van der Waals surface area contributed by atoms with Gasteiger partial charge in [-0.3, -0.25) is 14.5 Å². The highest BCUT2D eigenvalue weighted by Crippen LogP contribution is 2.33. The van der Waals surface area contributed by atoms with Crippen molar-refractivity contribution in [2.75, 3.05) is 32.3 Å². The number of rotatable bonds is 8. The molecule has 2 heterocycles. The van der Waals surface area contributed by atoms with Crippen LogP contribution in [0.4, 0.5) is 5.69 Å². The quantitative estimate of drug-likeness (QED) is 0.452. The number of nitrogens with one attached hydrogen (secondary N) is 1. The number of fused-ring (bicyclic) bond motifs is 1. The number of hydrogen-bond donors (Lipinski definition) is 1. The molecule has 2 amide bonds. The summed E-state index contributed by atoms with van der Waals surface area (Å²) in [7, 11) is 1.62. The third-order valence-electron chi connectivity index (χ3n) is 5.66. The van der Waals surface area contributed by atoms with E-state index in [2.05, 4.69) is 5.32 Å². The number of benzene rings is 2. The van der Waals surface area contributed by atoms with Crippen LogP contribution in [-0.2, 0) is 20.7 Å². The Hall–Kier alpha value is -3.66. The third kappa shape index (κ3) is 4.96. The lowest BCUT2D eigenvalue weighted by molar-refractivity contribution is -0.130. The number of anilines is 1. The lowest BCUT2D eigenvalue weighted by Gasteiger charge is -2.23. The number of thiocarbonyl (C=S) groups is 1. The largest absolute Gasteiger partial charge is 0.462 e. The van der Waals surface area contributed by atoms with E-state index in [0.717, 1.165) is 5.56 Å². The van der Waals surface area contributed by atoms with Gasteiger partial charge in [-0.1, -0.05) is 6.07 Å². The van der Waals surface area contributed by atoms with Gasteiger partial charge in [0.05, 0.1) is 18.6 Å². The van der Waals surface area contributed by atoms with Crippen molar-refractivity contribution in [1.82, 2.24) is 9.80 Å². The normalized spacial score (nSPS) is 16.7. The van der Waals surface area contributed by atoms with Gasteiger partial charge in [0.2, 0.25) is 12.7 Å². The Kier molecular flexibility index (Phi) is 6.97. The van der Waals surface area contributed by atoms with Crippen molar-refractivity contribution in [3.63, 3.8) is 0 Å². The van der Waals surface area contributed by atoms with Crippen LogP contribution in [0, 0.1) is 0 Å². The second-order valence-electron chi connectivity index (χ2n) is 7.88. The average Bonchev–Trinajstić information content (AvgIpc) is 3.37. The molecule has 0 spiro atoms. The number of amides is 2. The second-order valence-corrected chi connectivity index (χ2v) is 8.24. The summed E-state index contributed by atoms with van der Waals surface area (Å²) in [5.74, 6) is 0.434. The fourth-order valence-electron chi connectivity index (χ4n) is 3.86. The van der Waals surface area contributed by atoms with Gasteiger partial charge in [-0.2, -0.15) is 0 Å². The van der Waals surface area contributed by atoms with Gasteiger partial charge in [0, 0.05) is 19.3 Å². The van der Waals surface area contributed by atoms with Crippen LogP contribution in [0.5, 0.6) is 11.5 Å². The van der Waals surface area contributed by atoms with Gasteiger partial charge in [-0.05, 0) is 67.5 Å². The third-order valence-corrected chi connectivity index (χ3v) is 6.17. The Balaban J connectivity index is 1.38. The summed E-state index contributed by atoms with van der Waals surface area (Å²) in [4.78, 5) is 40.5. The van der Waals surface area contributed by atoms with Gasteiger partial charge < -0.3 is 24.4 Å². The standard InChI is InChI=1S/C24H25N3O6S/c1-3-31-23(30)16-5-7-17(8-6-16)25-21(28)13-18-22(29)26(2)24(34)27(18)11-10-15-4-9-19-20(12-15)33-14-32-19/h4-9,12,18H,3,10-11,13-14H2,1-2H3,(H,25,28). The lowest BCUT2D eigenvalue weighted by Crippen LogP contribution is -2.39. The maximum absolute atomic E-state index is 12.8. The number of hydrogen-bond acceptors (Lipinski definition) is 7. The first-order valence-corrected chi connectivity index (χ1v) is 11.3. The van der Waals surface area contributed by atoms with Crippen LogP contribution in [-0.4, -0.2) is 65.7 Å². The van der Waals surface area contributed by atoms with Gasteiger partial charge in [0.15, 0.2) is 16.6 Å². The predicted octanol–water partition coefficient (Wildman–Crippen LogP) is 2.59. The van der Waals surface area contributed by atoms with Crippen molar-refractivity contribution >= 4 is 40.8 Å². The average molecular weight is 484 g/mol. The van der Waals surface area contributed by atoms with E-state index in [1.807, 2.05) is 18.2 Å². The zero-order valence-electron chi connectivity index (χ0n) is 18.9. The van der Waals surface area contributed by atoms with E-state index in [1.165, 1.54) is 4.90 Å². The van der Waals surface area contributed by atoms with Crippen molar-refractivity contribution in [3.05, 3.63) is 53.6 Å². The topological polar surface area (TPSA) is 97.4 Å². The molecular weight excluding hydrogens is 458 g/mol. The van der Waals surface area contributed by atoms with Crippen molar-refractivity contribution in [2.45, 2.75) is 25.8 Å². The Morgan fingerprint density at radius 3 is 2.62 bits per heavy atom. The van der Waals surface area contributed by atoms with E-state index < -0.39 is 12.0 Å². The molecule has 0 radical (unpaired) electrons. The molecule has 0 saturated carbocycles. The molecule has 1 atom stereocenters. The van der Waals surface area contributed by atoms with Crippen molar-refractivity contribution in [1.29, 1.82) is 0 Å². The van der Waals surface area contributed by atoms with E-state index in [4.69, 9.17) is 26.4 Å². The van der Waals surface area contributed by atoms with Gasteiger partial charge in [0.25, 0.3) is 5.91 Å². The fraction of sp³-hybridized carbons (Fsp3) is 0.333. The molecule has 9 nitrogen and oxygen atoms in total. The summed E-state index contributed by atoms with van der Waals surface area (Å²) in [6.45, 7) is 2.70. The van der Waals surface area contributed by atoms with Gasteiger partial charge >= 0.3 is 5.97 Å². The highest BCUT2D eigenvalue weighted by molar-refractivity contribution is 7.80. The van der Waals surface area contributed by atoms with Crippen molar-refractivity contribution in [3.8, 4) is 11.5 Å². The van der Waals surface area contributed by atoms with Crippen LogP contribution in [0.15, 0.2) is 42.5 Å². The fourth-order valence-corrected chi connectivity index (χ4v) is 4.17. The molecule has 0 aliphatic carbocycles. The minimum absolute atomic E-state index is 0.0515. The van der Waals surface area contributed by atoms with Crippen LogP contribution in [0.25, 0.3) is 0 Å². The van der Waals surface area contributed by atoms with Crippen molar-refractivity contribution in [2.24, 2.45) is 0 Å². The summed E-state index contributed by atoms with van der Waals surface area (Å²) >= 11 is 5.47. The Morgan fingerprint density at radius 2 is 1.88 bits per heavy atom. The molecule has 0 bridgehead atoms. The Morgan fingerprint density at radius 1 is 1.15 bits per heavy atom. The maximum atomic E-state index is 12.8. The molecule has 34 heavy (non-hydrogen) atoms. The number of carbonyl (C=O) groups is 3. The molecule has 4 rings (SSSR count). The summed E-state index contributed by atoms with van der Waals surface area (Å²) in [5.41, 5.74) is 1.93. The monoisotopic (exact) mass is 483 g/mol. The van der Waals surface area contributed by atoms with Gasteiger partial charge in [0.1, 0.15) is 6.04 Å². The first-order chi connectivity index (χ1) is 16.4. The van der Waals surface area contributed by atoms with Crippen LogP contribution < -0.4 is 14.8 Å². The molecule has 1 saturated heterocycles. The number of ether oxygens (including phenoxy) is 3. The van der Waals surface area contributed by atoms with Crippen LogP contribution in [0.1, 0.15) is 29.3 Å². The van der Waals surface area contributed by atoms with Crippen LogP contribution >= 0.6 is 12.2 Å². The van der Waals surface area contributed by atoms with E-state index in [1.54, 1.807) is 43.1 Å². The smallest absolute Gasteiger partial charge is 0.338 e. The lowest BCUT2D eigenvalue weighted by atomic mass is 10.1. The molecule has 2 aromatic carbocycles. The highest BCUT2D eigenvalue weighted by Gasteiger charge is 2.41. The predicted molar refractivity (Wildman–Crippen MR) is 128 cm³/mol. The molecule has 178 valence electrons. The summed E-state index contributed by atoms with van der Waals surface area (Å²) in [5, 5.41) is 3.17. The summed E-state index contributed by atoms with van der Waals surface area (Å²) < 4.78 is 15.7. The van der Waals surface area contributed by atoms with E-state index in [-0.39, 0.29) is 31.6 Å². The molecule has 2 aromatic rings. The Labute approximate surface area is 202 Å². The molecular formula is C24H25N3O6S. The maximum Gasteiger partial charge on any atom is 0.338 e. The molecule has 1 fully saturated rings. The number of esters is 1. The molecule has 1 N–H and O–H groups in total. The SMILES string of the molecule is CCOC(=O)c1ccc(NC(=O)CC2C(=O)N(C)C(=S)N2CCc2ccc3c(c2)OCO3)cc1. The Bertz CT molecular complexity index is 1120. The molecule has 1 unspecified atom stereocenters. The van der Waals surface area contributed by atoms with Gasteiger partial charge in [-0.15, -0.1) is 0 Å². The highest BCUT2D eigenvalue weighted by atomic mass is 32.1. The second kappa shape index (κ2) is 10.1.